The number of rotatable bonds is 5. The molecular weight excluding hydrogens is 304 g/mol. The number of para-hydroxylation sites is 1. The average molecular weight is 328 g/mol. The summed E-state index contributed by atoms with van der Waals surface area (Å²) in [5, 5.41) is 3.89. The molecule has 5 heteroatoms. The van der Waals surface area contributed by atoms with Gasteiger partial charge in [0.1, 0.15) is 11.7 Å². The number of H-pyrrole nitrogens is 1. The molecule has 2 atom stereocenters. The number of esters is 1. The van der Waals surface area contributed by atoms with Crippen molar-refractivity contribution in [1.82, 2.24) is 10.3 Å². The molecule has 0 unspecified atom stereocenters. The van der Waals surface area contributed by atoms with Crippen molar-refractivity contribution in [3.8, 4) is 0 Å². The fourth-order valence-corrected chi connectivity index (χ4v) is 3.90. The van der Waals surface area contributed by atoms with Gasteiger partial charge in [-0.15, -0.1) is 0 Å². The zero-order valence-electron chi connectivity index (χ0n) is 14.4. The molecule has 2 heterocycles. The van der Waals surface area contributed by atoms with Crippen LogP contribution >= 0.6 is 0 Å². The Hall–Kier alpha value is -2.30. The van der Waals surface area contributed by atoms with Crippen LogP contribution < -0.4 is 5.32 Å². The first kappa shape index (κ1) is 16.6. The van der Waals surface area contributed by atoms with Crippen LogP contribution in [0.25, 0.3) is 10.9 Å². The zero-order valence-corrected chi connectivity index (χ0v) is 14.4. The summed E-state index contributed by atoms with van der Waals surface area (Å²) in [6.07, 6.45) is 1.87. The number of nitrogens with one attached hydrogen (secondary N) is 2. The van der Waals surface area contributed by atoms with Gasteiger partial charge in [-0.1, -0.05) is 44.9 Å². The Morgan fingerprint density at radius 1 is 1.21 bits per heavy atom. The van der Waals surface area contributed by atoms with Crippen LogP contribution in [0.15, 0.2) is 24.3 Å². The van der Waals surface area contributed by atoms with Gasteiger partial charge in [-0.25, -0.2) is 4.79 Å². The summed E-state index contributed by atoms with van der Waals surface area (Å²) in [6.45, 7) is 6.34. The van der Waals surface area contributed by atoms with Gasteiger partial charge in [0, 0.05) is 16.8 Å². The van der Waals surface area contributed by atoms with Crippen LogP contribution in [0.3, 0.4) is 0 Å². The topological polar surface area (TPSA) is 71.2 Å². The highest BCUT2D eigenvalue weighted by Crippen LogP contribution is 2.41. The molecule has 1 aliphatic rings. The predicted molar refractivity (Wildman–Crippen MR) is 93.0 cm³/mol. The van der Waals surface area contributed by atoms with E-state index in [9.17, 15) is 9.59 Å². The predicted octanol–water partition coefficient (Wildman–Crippen LogP) is 3.36. The molecule has 2 aromatic rings. The number of ether oxygens (including phenoxy) is 1. The van der Waals surface area contributed by atoms with E-state index >= 15 is 0 Å². The van der Waals surface area contributed by atoms with Crippen LogP contribution in [0, 0.1) is 5.92 Å². The molecule has 0 radical (unpaired) electrons. The minimum Gasteiger partial charge on any atom is -0.464 e. The van der Waals surface area contributed by atoms with Crippen LogP contribution in [-0.2, 0) is 9.53 Å². The molecule has 1 amide bonds. The molecule has 128 valence electrons. The van der Waals surface area contributed by atoms with Crippen molar-refractivity contribution in [3.05, 3.63) is 35.5 Å². The van der Waals surface area contributed by atoms with Gasteiger partial charge in [-0.3, -0.25) is 4.79 Å². The van der Waals surface area contributed by atoms with E-state index in [0.29, 0.717) is 12.3 Å². The molecular formula is C19H24N2O3. The van der Waals surface area contributed by atoms with Crippen molar-refractivity contribution in [3.63, 3.8) is 0 Å². The Labute approximate surface area is 141 Å². The van der Waals surface area contributed by atoms with E-state index in [1.807, 2.05) is 24.3 Å². The lowest BCUT2D eigenvalue weighted by Crippen LogP contribution is -2.51. The molecule has 0 saturated heterocycles. The normalized spacial score (nSPS) is 20.1. The standard InChI is InChI=1S/C19H24N2O3/c1-4-11(5-2)14-15-12-9-7-8-10-13(12)20-16(15)18(22)21-17(14)19(23)24-6-3/h7-11,14,17,20H,4-6H2,1-3H3,(H,21,22)/t14-,17-/m0/s1. The fraction of sp³-hybridized carbons (Fsp3) is 0.474. The Morgan fingerprint density at radius 2 is 1.92 bits per heavy atom. The summed E-state index contributed by atoms with van der Waals surface area (Å²) in [5.41, 5.74) is 2.47. The number of aromatic nitrogens is 1. The van der Waals surface area contributed by atoms with E-state index in [1.54, 1.807) is 6.92 Å². The molecule has 1 aromatic heterocycles. The molecule has 1 aliphatic heterocycles. The number of hydrogen-bond donors (Lipinski definition) is 2. The first-order valence-electron chi connectivity index (χ1n) is 8.70. The van der Waals surface area contributed by atoms with Crippen molar-refractivity contribution >= 4 is 22.8 Å². The molecule has 5 nitrogen and oxygen atoms in total. The smallest absolute Gasteiger partial charge is 0.329 e. The van der Waals surface area contributed by atoms with E-state index in [1.165, 1.54) is 0 Å². The Bertz CT molecular complexity index is 761. The van der Waals surface area contributed by atoms with Crippen LogP contribution in [0.5, 0.6) is 0 Å². The summed E-state index contributed by atoms with van der Waals surface area (Å²) in [7, 11) is 0. The van der Waals surface area contributed by atoms with Crippen LogP contribution in [0.1, 0.15) is 55.6 Å². The third-order valence-electron chi connectivity index (χ3n) is 5.05. The quantitative estimate of drug-likeness (QED) is 0.827. The summed E-state index contributed by atoms with van der Waals surface area (Å²) in [6, 6.07) is 7.25. The van der Waals surface area contributed by atoms with Gasteiger partial charge in [0.25, 0.3) is 5.91 Å². The SMILES string of the molecule is CCOC(=O)[C@H]1NC(=O)c2[nH]c3ccccc3c2[C@@H]1C(CC)CC. The van der Waals surface area contributed by atoms with Crippen LogP contribution in [0.4, 0.5) is 0 Å². The monoisotopic (exact) mass is 328 g/mol. The largest absolute Gasteiger partial charge is 0.464 e. The molecule has 24 heavy (non-hydrogen) atoms. The van der Waals surface area contributed by atoms with Gasteiger partial charge in [-0.05, 0) is 24.5 Å². The second-order valence-corrected chi connectivity index (χ2v) is 6.26. The highest BCUT2D eigenvalue weighted by Gasteiger charge is 2.43. The lowest BCUT2D eigenvalue weighted by molar-refractivity contribution is -0.146. The van der Waals surface area contributed by atoms with Crippen LogP contribution in [-0.4, -0.2) is 29.5 Å². The fourth-order valence-electron chi connectivity index (χ4n) is 3.90. The first-order chi connectivity index (χ1) is 11.6. The molecule has 0 bridgehead atoms. The van der Waals surface area contributed by atoms with Gasteiger partial charge in [0.15, 0.2) is 0 Å². The number of carbonyl (C=O) groups excluding carboxylic acids is 2. The number of fused-ring (bicyclic) bond motifs is 3. The van der Waals surface area contributed by atoms with Crippen molar-refractivity contribution in [2.24, 2.45) is 5.92 Å². The highest BCUT2D eigenvalue weighted by molar-refractivity contribution is 6.05. The molecule has 0 spiro atoms. The molecule has 1 aromatic carbocycles. The lowest BCUT2D eigenvalue weighted by Gasteiger charge is -2.35. The molecule has 0 fully saturated rings. The van der Waals surface area contributed by atoms with Crippen LogP contribution in [0.2, 0.25) is 0 Å². The minimum absolute atomic E-state index is 0.0806. The van der Waals surface area contributed by atoms with Gasteiger partial charge in [0.05, 0.1) is 6.61 Å². The summed E-state index contributed by atoms with van der Waals surface area (Å²) in [5.74, 6) is -0.374. The zero-order chi connectivity index (χ0) is 17.3. The van der Waals surface area contributed by atoms with Crippen molar-refractivity contribution in [2.45, 2.75) is 45.6 Å². The molecule has 0 saturated carbocycles. The third-order valence-corrected chi connectivity index (χ3v) is 5.05. The van der Waals surface area contributed by atoms with Gasteiger partial charge >= 0.3 is 5.97 Å². The van der Waals surface area contributed by atoms with Crippen molar-refractivity contribution < 1.29 is 14.3 Å². The number of hydrogen-bond acceptors (Lipinski definition) is 3. The number of aromatic amines is 1. The van der Waals surface area contributed by atoms with E-state index in [4.69, 9.17) is 4.74 Å². The maximum atomic E-state index is 12.6. The number of carbonyl (C=O) groups is 2. The summed E-state index contributed by atoms with van der Waals surface area (Å²) >= 11 is 0. The van der Waals surface area contributed by atoms with E-state index < -0.39 is 6.04 Å². The van der Waals surface area contributed by atoms with E-state index in [-0.39, 0.29) is 23.7 Å². The second kappa shape index (κ2) is 6.67. The second-order valence-electron chi connectivity index (χ2n) is 6.26. The summed E-state index contributed by atoms with van der Waals surface area (Å²) < 4.78 is 5.24. The Kier molecular flexibility index (Phi) is 4.60. The van der Waals surface area contributed by atoms with E-state index in [2.05, 4.69) is 24.1 Å². The number of benzene rings is 1. The Morgan fingerprint density at radius 3 is 2.58 bits per heavy atom. The van der Waals surface area contributed by atoms with E-state index in [0.717, 1.165) is 29.3 Å². The maximum Gasteiger partial charge on any atom is 0.329 e. The molecule has 0 aliphatic carbocycles. The molecule has 3 rings (SSSR count). The summed E-state index contributed by atoms with van der Waals surface area (Å²) in [4.78, 5) is 28.3. The maximum absolute atomic E-state index is 12.6. The third kappa shape index (κ3) is 2.58. The highest BCUT2D eigenvalue weighted by atomic mass is 16.5. The minimum atomic E-state index is -0.631. The average Bonchev–Trinajstić information content (AvgIpc) is 2.98. The van der Waals surface area contributed by atoms with Crippen molar-refractivity contribution in [1.29, 1.82) is 0 Å². The Balaban J connectivity index is 2.19. The van der Waals surface area contributed by atoms with Gasteiger partial charge < -0.3 is 15.0 Å². The lowest BCUT2D eigenvalue weighted by atomic mass is 9.74. The first-order valence-corrected chi connectivity index (χ1v) is 8.70. The van der Waals surface area contributed by atoms with Gasteiger partial charge in [0.2, 0.25) is 0 Å². The van der Waals surface area contributed by atoms with Gasteiger partial charge in [-0.2, -0.15) is 0 Å². The number of amides is 1. The molecule has 2 N–H and O–H groups in total. The van der Waals surface area contributed by atoms with Crippen molar-refractivity contribution in [2.75, 3.05) is 6.61 Å².